The summed E-state index contributed by atoms with van der Waals surface area (Å²) in [5.41, 5.74) is 10.0. The molecule has 0 radical (unpaired) electrons. The Morgan fingerprint density at radius 3 is 1.01 bits per heavy atom. The molecular formula is C62H66F2N6O6. The van der Waals surface area contributed by atoms with E-state index in [0.717, 1.165) is 81.3 Å². The summed E-state index contributed by atoms with van der Waals surface area (Å²) in [4.78, 5) is 85.2. The number of unbranched alkanes of at least 4 members (excludes halogenated alkanes) is 5. The van der Waals surface area contributed by atoms with Gasteiger partial charge in [0.25, 0.3) is 23.6 Å². The van der Waals surface area contributed by atoms with Crippen molar-refractivity contribution in [1.82, 2.24) is 31.1 Å². The van der Waals surface area contributed by atoms with Crippen LogP contribution in [-0.4, -0.2) is 58.3 Å². The first-order valence-electron chi connectivity index (χ1n) is 26.4. The topological polar surface area (TPSA) is 157 Å². The van der Waals surface area contributed by atoms with Gasteiger partial charge in [0.15, 0.2) is 0 Å². The maximum Gasteiger partial charge on any atom is 0.252 e. The van der Waals surface area contributed by atoms with Crippen LogP contribution in [0.25, 0.3) is 0 Å². The van der Waals surface area contributed by atoms with Gasteiger partial charge in [-0.2, -0.15) is 0 Å². The zero-order valence-corrected chi connectivity index (χ0v) is 43.4. The fourth-order valence-electron chi connectivity index (χ4n) is 9.68. The fraction of sp³-hybridized carbons (Fsp3) is 0.323. The van der Waals surface area contributed by atoms with Gasteiger partial charge >= 0.3 is 0 Å². The van der Waals surface area contributed by atoms with Gasteiger partial charge in [-0.1, -0.05) is 110 Å². The van der Waals surface area contributed by atoms with E-state index < -0.39 is 11.8 Å². The van der Waals surface area contributed by atoms with E-state index in [0.29, 0.717) is 64.7 Å². The van der Waals surface area contributed by atoms with E-state index in [1.807, 2.05) is 62.4 Å². The molecule has 0 atom stereocenters. The minimum atomic E-state index is -0.401. The van der Waals surface area contributed by atoms with Crippen LogP contribution in [0.5, 0.6) is 0 Å². The smallest absolute Gasteiger partial charge is 0.252 e. The molecule has 76 heavy (non-hydrogen) atoms. The quantitative estimate of drug-likeness (QED) is 0.0468. The van der Waals surface area contributed by atoms with Gasteiger partial charge in [0.05, 0.1) is 22.3 Å². The van der Waals surface area contributed by atoms with Crippen molar-refractivity contribution in [2.24, 2.45) is 0 Å². The summed E-state index contributed by atoms with van der Waals surface area (Å²) in [6, 6.07) is 34.8. The third-order valence-corrected chi connectivity index (χ3v) is 14.2. The molecule has 14 heteroatoms. The number of rotatable bonds is 23. The third-order valence-electron chi connectivity index (χ3n) is 14.2. The van der Waals surface area contributed by atoms with Crippen molar-refractivity contribution in [2.45, 2.75) is 117 Å². The van der Waals surface area contributed by atoms with Crippen molar-refractivity contribution in [3.63, 3.8) is 0 Å². The number of hydrogen-bond acceptors (Lipinski definition) is 6. The van der Waals surface area contributed by atoms with Crippen molar-refractivity contribution < 1.29 is 37.5 Å². The normalized spacial score (nSPS) is 12.5. The highest BCUT2D eigenvalue weighted by Gasteiger charge is 2.30. The van der Waals surface area contributed by atoms with Crippen molar-refractivity contribution in [1.29, 1.82) is 0 Å². The number of fused-ring (bicyclic) bond motifs is 2. The molecule has 0 saturated heterocycles. The maximum atomic E-state index is 13.7. The van der Waals surface area contributed by atoms with Gasteiger partial charge in [-0.05, 0) is 133 Å². The largest absolute Gasteiger partial charge is 0.352 e. The van der Waals surface area contributed by atoms with Gasteiger partial charge in [0, 0.05) is 65.2 Å². The molecule has 394 valence electrons. The molecule has 0 spiro atoms. The molecule has 2 aliphatic rings. The number of halogens is 2. The Bertz CT molecular complexity index is 2850. The van der Waals surface area contributed by atoms with Crippen molar-refractivity contribution in [3.8, 4) is 0 Å². The second kappa shape index (κ2) is 26.0. The number of carbonyl (C=O) groups is 6. The van der Waals surface area contributed by atoms with Crippen LogP contribution >= 0.6 is 0 Å². The average molecular weight is 1030 g/mol. The molecule has 0 fully saturated rings. The van der Waals surface area contributed by atoms with E-state index in [2.05, 4.69) is 21.3 Å². The third kappa shape index (κ3) is 14.9. The molecular weight excluding hydrogens is 963 g/mol. The number of benzene rings is 6. The fourth-order valence-corrected chi connectivity index (χ4v) is 9.68. The second-order valence-electron chi connectivity index (χ2n) is 20.1. The predicted molar refractivity (Wildman–Crippen MR) is 288 cm³/mol. The lowest BCUT2D eigenvalue weighted by Crippen LogP contribution is -2.30. The Kier molecular flexibility index (Phi) is 18.5. The highest BCUT2D eigenvalue weighted by Crippen LogP contribution is 2.30. The Balaban J connectivity index is 0.783. The summed E-state index contributed by atoms with van der Waals surface area (Å²) < 4.78 is 26.9. The average Bonchev–Trinajstić information content (AvgIpc) is 4.06. The number of amides is 6. The molecule has 6 amide bonds. The number of nitrogens with one attached hydrogen (secondary N) is 4. The minimum absolute atomic E-state index is 0.00805. The Morgan fingerprint density at radius 1 is 0.395 bits per heavy atom. The number of nitrogens with zero attached hydrogens (tertiary/aromatic N) is 2. The zero-order chi connectivity index (χ0) is 53.6. The zero-order valence-electron chi connectivity index (χ0n) is 43.4. The molecule has 0 bridgehead atoms. The van der Waals surface area contributed by atoms with Crippen LogP contribution in [-0.2, 0) is 61.7 Å². The first kappa shape index (κ1) is 54.3. The van der Waals surface area contributed by atoms with Crippen LogP contribution in [0.3, 0.4) is 0 Å². The predicted octanol–water partition coefficient (Wildman–Crippen LogP) is 9.89. The van der Waals surface area contributed by atoms with Gasteiger partial charge in [0.1, 0.15) is 11.6 Å². The molecule has 6 aromatic rings. The van der Waals surface area contributed by atoms with Crippen molar-refractivity contribution >= 4 is 35.4 Å². The first-order chi connectivity index (χ1) is 36.8. The second-order valence-corrected chi connectivity index (χ2v) is 20.1. The standard InChI is InChI=1S/C62H66F2N6O6/c1-41-11-15-45(16-12-41)35-67-61(75)55-33-49-39-69(37-47(49)31-53(55)59(73)65-29-27-43-19-23-51(63)24-20-43)57(71)9-7-5-3-4-6-8-10-58(72)70-38-48-32-54(60(74)66-30-28-44-21-25-52(64)26-22-44)56(34-50(48)40-70)62(76)68-36-46-17-13-42(2)14-18-46/h11-26,31-34H,3-10,27-30,35-40H2,1-2H3,(H,65,73)(H,66,74)(H,67,75)(H,68,76). The lowest BCUT2D eigenvalue weighted by molar-refractivity contribution is -0.132. The molecule has 0 aromatic heterocycles. The Labute approximate surface area is 443 Å². The lowest BCUT2D eigenvalue weighted by atomic mass is 9.98. The van der Waals surface area contributed by atoms with E-state index in [1.165, 1.54) is 24.3 Å². The molecule has 8 rings (SSSR count). The lowest BCUT2D eigenvalue weighted by Gasteiger charge is -2.15. The van der Waals surface area contributed by atoms with E-state index in [1.54, 1.807) is 58.3 Å². The Hall–Kier alpha value is -8.00. The van der Waals surface area contributed by atoms with E-state index in [9.17, 15) is 37.5 Å². The summed E-state index contributed by atoms with van der Waals surface area (Å²) >= 11 is 0. The number of aryl methyl sites for hydroxylation is 2. The monoisotopic (exact) mass is 1030 g/mol. The summed E-state index contributed by atoms with van der Waals surface area (Å²) in [7, 11) is 0. The van der Waals surface area contributed by atoms with E-state index in [4.69, 9.17) is 0 Å². The first-order valence-corrected chi connectivity index (χ1v) is 26.4. The summed E-state index contributed by atoms with van der Waals surface area (Å²) in [6.07, 6.45) is 6.70. The molecule has 2 aliphatic heterocycles. The summed E-state index contributed by atoms with van der Waals surface area (Å²) in [5.74, 6) is -2.23. The highest BCUT2D eigenvalue weighted by atomic mass is 19.1. The molecule has 0 aliphatic carbocycles. The van der Waals surface area contributed by atoms with E-state index in [-0.39, 0.29) is 83.7 Å². The highest BCUT2D eigenvalue weighted by molar-refractivity contribution is 6.08. The summed E-state index contributed by atoms with van der Waals surface area (Å²) in [6.45, 7) is 6.50. The van der Waals surface area contributed by atoms with Gasteiger partial charge < -0.3 is 31.1 Å². The van der Waals surface area contributed by atoms with Crippen LogP contribution in [0.1, 0.15) is 148 Å². The molecule has 0 unspecified atom stereocenters. The van der Waals surface area contributed by atoms with Crippen molar-refractivity contribution in [3.05, 3.63) is 211 Å². The van der Waals surface area contributed by atoms with Crippen LogP contribution in [0.2, 0.25) is 0 Å². The van der Waals surface area contributed by atoms with Gasteiger partial charge in [0.2, 0.25) is 11.8 Å². The maximum absolute atomic E-state index is 13.7. The van der Waals surface area contributed by atoms with Crippen LogP contribution in [0, 0.1) is 25.5 Å². The van der Waals surface area contributed by atoms with Crippen LogP contribution < -0.4 is 21.3 Å². The molecule has 2 heterocycles. The summed E-state index contributed by atoms with van der Waals surface area (Å²) in [5, 5.41) is 11.8. The Morgan fingerprint density at radius 2 is 0.684 bits per heavy atom. The molecule has 4 N–H and O–H groups in total. The minimum Gasteiger partial charge on any atom is -0.352 e. The SMILES string of the molecule is Cc1ccc(CNC(=O)c2cc3c(cc2C(=O)NCCc2ccc(F)cc2)CN(C(=O)CCCCCCCCC(=O)N2Cc4cc(C(=O)NCCc5ccc(F)cc5)c(C(=O)NCc5ccc(C)cc5)cc4C2)C3)cc1. The van der Waals surface area contributed by atoms with Gasteiger partial charge in [-0.15, -0.1) is 0 Å². The molecule has 6 aromatic carbocycles. The number of hydrogen-bond donors (Lipinski definition) is 4. The van der Waals surface area contributed by atoms with Crippen LogP contribution in [0.4, 0.5) is 8.78 Å². The molecule has 0 saturated carbocycles. The van der Waals surface area contributed by atoms with Crippen LogP contribution in [0.15, 0.2) is 121 Å². The molecule has 12 nitrogen and oxygen atoms in total. The number of carbonyl (C=O) groups excluding carboxylic acids is 6. The van der Waals surface area contributed by atoms with Gasteiger partial charge in [-0.3, -0.25) is 28.8 Å². The van der Waals surface area contributed by atoms with Crippen molar-refractivity contribution in [2.75, 3.05) is 13.1 Å². The van der Waals surface area contributed by atoms with E-state index >= 15 is 0 Å². The van der Waals surface area contributed by atoms with Gasteiger partial charge in [-0.25, -0.2) is 8.78 Å².